The van der Waals surface area contributed by atoms with Gasteiger partial charge in [0.05, 0.1) is 7.11 Å². The standard InChI is InChI=1S/C15H15NO2/c1-11(17)12-4-3-5-14(10-12)16-13-6-8-15(18-2)9-7-13/h3-10,16H,1-2H3. The molecule has 0 aliphatic heterocycles. The van der Waals surface area contributed by atoms with Crippen molar-refractivity contribution in [2.24, 2.45) is 0 Å². The van der Waals surface area contributed by atoms with E-state index in [1.54, 1.807) is 14.0 Å². The Kier molecular flexibility index (Phi) is 3.63. The summed E-state index contributed by atoms with van der Waals surface area (Å²) in [7, 11) is 1.64. The molecule has 3 nitrogen and oxygen atoms in total. The minimum Gasteiger partial charge on any atom is -0.497 e. The van der Waals surface area contributed by atoms with E-state index in [9.17, 15) is 4.79 Å². The lowest BCUT2D eigenvalue weighted by atomic mass is 10.1. The Morgan fingerprint density at radius 1 is 1.06 bits per heavy atom. The van der Waals surface area contributed by atoms with Crippen LogP contribution in [0.15, 0.2) is 48.5 Å². The monoisotopic (exact) mass is 241 g/mol. The Balaban J connectivity index is 2.17. The first kappa shape index (κ1) is 12.2. The predicted molar refractivity (Wildman–Crippen MR) is 72.7 cm³/mol. The van der Waals surface area contributed by atoms with Gasteiger partial charge in [-0.05, 0) is 43.3 Å². The summed E-state index contributed by atoms with van der Waals surface area (Å²) in [5.41, 5.74) is 2.55. The van der Waals surface area contributed by atoms with Crippen LogP contribution < -0.4 is 10.1 Å². The molecular formula is C15H15NO2. The van der Waals surface area contributed by atoms with E-state index in [1.807, 2.05) is 48.5 Å². The number of ether oxygens (including phenoxy) is 1. The van der Waals surface area contributed by atoms with Crippen LogP contribution in [0.1, 0.15) is 17.3 Å². The molecule has 0 fully saturated rings. The summed E-state index contributed by atoms with van der Waals surface area (Å²) in [4.78, 5) is 11.3. The molecule has 0 aromatic heterocycles. The highest BCUT2D eigenvalue weighted by Gasteiger charge is 2.01. The van der Waals surface area contributed by atoms with Crippen LogP contribution in [-0.4, -0.2) is 12.9 Å². The van der Waals surface area contributed by atoms with E-state index < -0.39 is 0 Å². The van der Waals surface area contributed by atoms with Crippen LogP contribution in [0.4, 0.5) is 11.4 Å². The summed E-state index contributed by atoms with van der Waals surface area (Å²) in [6.45, 7) is 1.56. The Morgan fingerprint density at radius 3 is 2.39 bits per heavy atom. The molecule has 92 valence electrons. The van der Waals surface area contributed by atoms with Gasteiger partial charge in [0.25, 0.3) is 0 Å². The van der Waals surface area contributed by atoms with Crippen molar-refractivity contribution in [3.63, 3.8) is 0 Å². The topological polar surface area (TPSA) is 38.3 Å². The number of hydrogen-bond donors (Lipinski definition) is 1. The molecule has 1 N–H and O–H groups in total. The van der Waals surface area contributed by atoms with E-state index in [1.165, 1.54) is 0 Å². The van der Waals surface area contributed by atoms with E-state index >= 15 is 0 Å². The zero-order valence-electron chi connectivity index (χ0n) is 10.4. The van der Waals surface area contributed by atoms with Gasteiger partial charge in [0.2, 0.25) is 0 Å². The number of methoxy groups -OCH3 is 1. The largest absolute Gasteiger partial charge is 0.497 e. The number of anilines is 2. The molecule has 0 saturated carbocycles. The molecule has 2 aromatic rings. The van der Waals surface area contributed by atoms with E-state index in [4.69, 9.17) is 4.74 Å². The minimum absolute atomic E-state index is 0.0633. The van der Waals surface area contributed by atoms with Crippen LogP contribution >= 0.6 is 0 Å². The van der Waals surface area contributed by atoms with Crippen molar-refractivity contribution < 1.29 is 9.53 Å². The van der Waals surface area contributed by atoms with E-state index in [2.05, 4.69) is 5.32 Å². The number of Topliss-reactive ketones (excluding diaryl/α,β-unsaturated/α-hetero) is 1. The first-order valence-electron chi connectivity index (χ1n) is 5.71. The molecule has 0 atom stereocenters. The van der Waals surface area contributed by atoms with Gasteiger partial charge in [-0.3, -0.25) is 4.79 Å². The maximum Gasteiger partial charge on any atom is 0.159 e. The fraction of sp³-hybridized carbons (Fsp3) is 0.133. The van der Waals surface area contributed by atoms with Crippen LogP contribution in [0.2, 0.25) is 0 Å². The maximum absolute atomic E-state index is 11.3. The molecule has 3 heteroatoms. The van der Waals surface area contributed by atoms with Crippen molar-refractivity contribution in [2.75, 3.05) is 12.4 Å². The second kappa shape index (κ2) is 5.36. The number of carbonyl (C=O) groups is 1. The zero-order chi connectivity index (χ0) is 13.0. The van der Waals surface area contributed by atoms with Crippen LogP contribution in [0.3, 0.4) is 0 Å². The third-order valence-electron chi connectivity index (χ3n) is 2.65. The third kappa shape index (κ3) is 2.88. The van der Waals surface area contributed by atoms with Gasteiger partial charge in [-0.15, -0.1) is 0 Å². The number of hydrogen-bond acceptors (Lipinski definition) is 3. The van der Waals surface area contributed by atoms with Gasteiger partial charge in [-0.1, -0.05) is 12.1 Å². The smallest absolute Gasteiger partial charge is 0.159 e. The summed E-state index contributed by atoms with van der Waals surface area (Å²) >= 11 is 0. The lowest BCUT2D eigenvalue weighted by Gasteiger charge is -2.08. The van der Waals surface area contributed by atoms with Crippen LogP contribution in [-0.2, 0) is 0 Å². The number of rotatable bonds is 4. The number of benzene rings is 2. The van der Waals surface area contributed by atoms with Gasteiger partial charge in [0.1, 0.15) is 5.75 Å². The number of nitrogens with one attached hydrogen (secondary N) is 1. The van der Waals surface area contributed by atoms with Gasteiger partial charge in [-0.25, -0.2) is 0 Å². The normalized spacial score (nSPS) is 9.89. The highest BCUT2D eigenvalue weighted by Crippen LogP contribution is 2.20. The molecule has 0 spiro atoms. The fourth-order valence-corrected chi connectivity index (χ4v) is 1.66. The Hall–Kier alpha value is -2.29. The summed E-state index contributed by atoms with van der Waals surface area (Å²) in [6.07, 6.45) is 0. The van der Waals surface area contributed by atoms with Crippen LogP contribution in [0, 0.1) is 0 Å². The molecule has 0 aliphatic carbocycles. The summed E-state index contributed by atoms with van der Waals surface area (Å²) in [5.74, 6) is 0.881. The van der Waals surface area contributed by atoms with Crippen molar-refractivity contribution in [1.82, 2.24) is 0 Å². The molecule has 2 rings (SSSR count). The Bertz CT molecular complexity index is 547. The predicted octanol–water partition coefficient (Wildman–Crippen LogP) is 3.64. The maximum atomic E-state index is 11.3. The molecule has 0 heterocycles. The van der Waals surface area contributed by atoms with E-state index in [0.717, 1.165) is 17.1 Å². The van der Waals surface area contributed by atoms with Crippen molar-refractivity contribution in [3.05, 3.63) is 54.1 Å². The number of ketones is 1. The van der Waals surface area contributed by atoms with Gasteiger partial charge in [0.15, 0.2) is 5.78 Å². The lowest BCUT2D eigenvalue weighted by molar-refractivity contribution is 0.101. The molecule has 0 radical (unpaired) electrons. The summed E-state index contributed by atoms with van der Waals surface area (Å²) < 4.78 is 5.10. The average Bonchev–Trinajstić information content (AvgIpc) is 2.40. The SMILES string of the molecule is COc1ccc(Nc2cccc(C(C)=O)c2)cc1. The molecule has 0 aliphatic rings. The first-order chi connectivity index (χ1) is 8.69. The summed E-state index contributed by atoms with van der Waals surface area (Å²) in [5, 5.41) is 3.24. The molecule has 0 unspecified atom stereocenters. The van der Waals surface area contributed by atoms with E-state index in [0.29, 0.717) is 5.56 Å². The highest BCUT2D eigenvalue weighted by molar-refractivity contribution is 5.95. The van der Waals surface area contributed by atoms with Crippen molar-refractivity contribution >= 4 is 17.2 Å². The van der Waals surface area contributed by atoms with Gasteiger partial charge < -0.3 is 10.1 Å². The average molecular weight is 241 g/mol. The van der Waals surface area contributed by atoms with Gasteiger partial charge in [-0.2, -0.15) is 0 Å². The molecule has 0 bridgehead atoms. The Labute approximate surface area is 106 Å². The molecule has 18 heavy (non-hydrogen) atoms. The highest BCUT2D eigenvalue weighted by atomic mass is 16.5. The minimum atomic E-state index is 0.0633. The first-order valence-corrected chi connectivity index (χ1v) is 5.71. The fourth-order valence-electron chi connectivity index (χ4n) is 1.66. The Morgan fingerprint density at radius 2 is 1.78 bits per heavy atom. The lowest BCUT2D eigenvalue weighted by Crippen LogP contribution is -1.95. The number of carbonyl (C=O) groups excluding carboxylic acids is 1. The second-order valence-electron chi connectivity index (χ2n) is 3.99. The van der Waals surface area contributed by atoms with Gasteiger partial charge >= 0.3 is 0 Å². The summed E-state index contributed by atoms with van der Waals surface area (Å²) in [6, 6.07) is 15.1. The zero-order valence-corrected chi connectivity index (χ0v) is 10.4. The van der Waals surface area contributed by atoms with Crippen LogP contribution in [0.5, 0.6) is 5.75 Å². The van der Waals surface area contributed by atoms with Crippen molar-refractivity contribution in [1.29, 1.82) is 0 Å². The quantitative estimate of drug-likeness (QED) is 0.830. The third-order valence-corrected chi connectivity index (χ3v) is 2.65. The second-order valence-corrected chi connectivity index (χ2v) is 3.99. The van der Waals surface area contributed by atoms with E-state index in [-0.39, 0.29) is 5.78 Å². The molecule has 2 aromatic carbocycles. The molecular weight excluding hydrogens is 226 g/mol. The van der Waals surface area contributed by atoms with Crippen LogP contribution in [0.25, 0.3) is 0 Å². The van der Waals surface area contributed by atoms with Crippen molar-refractivity contribution in [2.45, 2.75) is 6.92 Å². The molecule has 0 saturated heterocycles. The van der Waals surface area contributed by atoms with Crippen molar-refractivity contribution in [3.8, 4) is 5.75 Å². The molecule has 0 amide bonds. The van der Waals surface area contributed by atoms with Gasteiger partial charge in [0, 0.05) is 16.9 Å².